The molecule has 39 heavy (non-hydrogen) atoms. The predicted octanol–water partition coefficient (Wildman–Crippen LogP) is 5.15. The molecule has 0 fully saturated rings. The van der Waals surface area contributed by atoms with E-state index < -0.39 is 17.7 Å². The maximum Gasteiger partial charge on any atom is 0.348 e. The summed E-state index contributed by atoms with van der Waals surface area (Å²) in [5.74, 6) is 0.0144. The molecular formula is C31H32N2O6. The van der Waals surface area contributed by atoms with Crippen LogP contribution in [0, 0.1) is 13.8 Å². The van der Waals surface area contributed by atoms with Crippen LogP contribution in [0.5, 0.6) is 17.5 Å². The minimum Gasteiger partial charge on any atom is -0.493 e. The lowest BCUT2D eigenvalue weighted by atomic mass is 9.81. The molecular weight excluding hydrogens is 496 g/mol. The number of hydrogen-bond donors (Lipinski definition) is 1. The normalized spacial score (nSPS) is 12.0. The van der Waals surface area contributed by atoms with E-state index in [0.29, 0.717) is 40.4 Å². The van der Waals surface area contributed by atoms with Crippen molar-refractivity contribution >= 4 is 5.97 Å². The number of aliphatic carboxylic acids is 1. The van der Waals surface area contributed by atoms with E-state index in [1.807, 2.05) is 78.9 Å². The third kappa shape index (κ3) is 6.18. The number of methoxy groups -OCH3 is 2. The van der Waals surface area contributed by atoms with Crippen LogP contribution in [0.15, 0.2) is 84.9 Å². The lowest BCUT2D eigenvalue weighted by Crippen LogP contribution is -2.51. The first-order chi connectivity index (χ1) is 18.9. The average molecular weight is 529 g/mol. The lowest BCUT2D eigenvalue weighted by Gasteiger charge is -2.39. The summed E-state index contributed by atoms with van der Waals surface area (Å²) in [5, 5.41) is 10.6. The van der Waals surface area contributed by atoms with Gasteiger partial charge < -0.3 is 24.1 Å². The zero-order chi connectivity index (χ0) is 27.8. The van der Waals surface area contributed by atoms with E-state index in [-0.39, 0.29) is 12.6 Å². The van der Waals surface area contributed by atoms with Gasteiger partial charge in [-0.3, -0.25) is 0 Å². The fourth-order valence-electron chi connectivity index (χ4n) is 4.61. The predicted molar refractivity (Wildman–Crippen MR) is 146 cm³/mol. The SMILES string of the molecule is COc1ccc(CCOC(c2ccccc2)(c2ccccc2)[C@H](Oc2nc(C)cc(C)n2)C(=O)O)cc1OC. The van der Waals surface area contributed by atoms with Crippen LogP contribution < -0.4 is 14.2 Å². The molecule has 0 aliphatic rings. The number of carboxylic acid groups (broad SMARTS) is 1. The second-order valence-corrected chi connectivity index (χ2v) is 9.02. The van der Waals surface area contributed by atoms with Crippen LogP contribution in [0.1, 0.15) is 28.1 Å². The minimum atomic E-state index is -1.52. The Bertz CT molecular complexity index is 1340. The first-order valence-corrected chi connectivity index (χ1v) is 12.5. The summed E-state index contributed by atoms with van der Waals surface area (Å²) in [5.41, 5.74) is 2.00. The monoisotopic (exact) mass is 528 g/mol. The molecule has 0 saturated carbocycles. The van der Waals surface area contributed by atoms with E-state index in [9.17, 15) is 9.90 Å². The third-order valence-corrected chi connectivity index (χ3v) is 6.35. The maximum atomic E-state index is 13.0. The molecule has 0 radical (unpaired) electrons. The molecule has 8 heteroatoms. The lowest BCUT2D eigenvalue weighted by molar-refractivity contribution is -0.164. The summed E-state index contributed by atoms with van der Waals surface area (Å²) in [4.78, 5) is 21.6. The molecule has 0 spiro atoms. The van der Waals surface area contributed by atoms with Crippen molar-refractivity contribution in [1.82, 2.24) is 9.97 Å². The average Bonchev–Trinajstić information content (AvgIpc) is 2.94. The van der Waals surface area contributed by atoms with Crippen LogP contribution in [-0.4, -0.2) is 48.0 Å². The van der Waals surface area contributed by atoms with Crippen LogP contribution in [0.2, 0.25) is 0 Å². The van der Waals surface area contributed by atoms with Crippen LogP contribution in [0.4, 0.5) is 0 Å². The minimum absolute atomic E-state index is 0.0281. The van der Waals surface area contributed by atoms with Gasteiger partial charge in [-0.15, -0.1) is 0 Å². The van der Waals surface area contributed by atoms with E-state index in [1.54, 1.807) is 34.1 Å². The molecule has 0 aliphatic carbocycles. The molecule has 0 saturated heterocycles. The number of carboxylic acids is 1. The second kappa shape index (κ2) is 12.4. The maximum absolute atomic E-state index is 13.0. The fraction of sp³-hybridized carbons (Fsp3) is 0.258. The zero-order valence-electron chi connectivity index (χ0n) is 22.5. The van der Waals surface area contributed by atoms with E-state index >= 15 is 0 Å². The van der Waals surface area contributed by atoms with Gasteiger partial charge in [0.25, 0.3) is 0 Å². The Balaban J connectivity index is 1.79. The van der Waals surface area contributed by atoms with Crippen LogP contribution in [0.3, 0.4) is 0 Å². The number of ether oxygens (including phenoxy) is 4. The van der Waals surface area contributed by atoms with Gasteiger partial charge in [0, 0.05) is 11.4 Å². The van der Waals surface area contributed by atoms with Gasteiger partial charge in [0.05, 0.1) is 20.8 Å². The van der Waals surface area contributed by atoms with Crippen LogP contribution in [-0.2, 0) is 21.6 Å². The van der Waals surface area contributed by atoms with Gasteiger partial charge in [-0.05, 0) is 55.2 Å². The van der Waals surface area contributed by atoms with Gasteiger partial charge in [0.2, 0.25) is 6.10 Å². The molecule has 0 amide bonds. The van der Waals surface area contributed by atoms with E-state index in [1.165, 1.54) is 0 Å². The van der Waals surface area contributed by atoms with E-state index in [4.69, 9.17) is 18.9 Å². The number of aryl methyl sites for hydroxylation is 2. The number of rotatable bonds is 12. The van der Waals surface area contributed by atoms with E-state index in [2.05, 4.69) is 9.97 Å². The first kappa shape index (κ1) is 27.6. The highest BCUT2D eigenvalue weighted by atomic mass is 16.6. The van der Waals surface area contributed by atoms with Gasteiger partial charge in [0.1, 0.15) is 0 Å². The number of nitrogens with zero attached hydrogens (tertiary/aromatic N) is 2. The number of aromatic nitrogens is 2. The number of benzene rings is 3. The topological polar surface area (TPSA) is 100 Å². The third-order valence-electron chi connectivity index (χ3n) is 6.35. The highest BCUT2D eigenvalue weighted by Gasteiger charge is 2.50. The molecule has 1 atom stereocenters. The summed E-state index contributed by atoms with van der Waals surface area (Å²) in [6.45, 7) is 3.79. The largest absolute Gasteiger partial charge is 0.493 e. The Labute approximate surface area is 228 Å². The highest BCUT2D eigenvalue weighted by molar-refractivity contribution is 5.76. The van der Waals surface area contributed by atoms with Crippen LogP contribution in [0.25, 0.3) is 0 Å². The molecule has 0 bridgehead atoms. The van der Waals surface area contributed by atoms with Crippen molar-refractivity contribution in [3.05, 3.63) is 113 Å². The van der Waals surface area contributed by atoms with E-state index in [0.717, 1.165) is 5.56 Å². The van der Waals surface area contributed by atoms with Crippen molar-refractivity contribution in [2.45, 2.75) is 32.0 Å². The van der Waals surface area contributed by atoms with Gasteiger partial charge in [-0.25, -0.2) is 14.8 Å². The number of hydrogen-bond acceptors (Lipinski definition) is 7. The van der Waals surface area contributed by atoms with Gasteiger partial charge in [-0.2, -0.15) is 0 Å². The van der Waals surface area contributed by atoms with Crippen molar-refractivity contribution in [2.75, 3.05) is 20.8 Å². The Morgan fingerprint density at radius 2 is 1.38 bits per heavy atom. The molecule has 202 valence electrons. The molecule has 0 unspecified atom stereocenters. The molecule has 8 nitrogen and oxygen atoms in total. The summed E-state index contributed by atoms with van der Waals surface area (Å²) in [7, 11) is 3.16. The van der Waals surface area contributed by atoms with Crippen molar-refractivity contribution in [1.29, 1.82) is 0 Å². The molecule has 1 N–H and O–H groups in total. The second-order valence-electron chi connectivity index (χ2n) is 9.02. The van der Waals surface area contributed by atoms with Crippen molar-refractivity contribution in [3.8, 4) is 17.5 Å². The van der Waals surface area contributed by atoms with Gasteiger partial charge in [-0.1, -0.05) is 66.7 Å². The Morgan fingerprint density at radius 1 is 0.821 bits per heavy atom. The van der Waals surface area contributed by atoms with Crippen molar-refractivity contribution in [3.63, 3.8) is 0 Å². The number of carbonyl (C=O) groups is 1. The molecule has 4 rings (SSSR count). The molecule has 1 aromatic heterocycles. The molecule has 0 aliphatic heterocycles. The summed E-state index contributed by atoms with van der Waals surface area (Å²) in [6.07, 6.45) is -1.03. The Morgan fingerprint density at radius 3 is 1.90 bits per heavy atom. The van der Waals surface area contributed by atoms with Crippen molar-refractivity contribution < 1.29 is 28.8 Å². The Kier molecular flexibility index (Phi) is 8.78. The summed E-state index contributed by atoms with van der Waals surface area (Å²) < 4.78 is 23.5. The summed E-state index contributed by atoms with van der Waals surface area (Å²) >= 11 is 0. The Hall–Kier alpha value is -4.43. The summed E-state index contributed by atoms with van der Waals surface area (Å²) in [6, 6.07) is 25.9. The fourth-order valence-corrected chi connectivity index (χ4v) is 4.61. The van der Waals surface area contributed by atoms with Gasteiger partial charge >= 0.3 is 12.0 Å². The van der Waals surface area contributed by atoms with Crippen LogP contribution >= 0.6 is 0 Å². The quantitative estimate of drug-likeness (QED) is 0.270. The first-order valence-electron chi connectivity index (χ1n) is 12.5. The molecule has 4 aromatic rings. The van der Waals surface area contributed by atoms with Crippen molar-refractivity contribution in [2.24, 2.45) is 0 Å². The molecule has 1 heterocycles. The standard InChI is InChI=1S/C31H32N2O6/c1-21-19-22(2)33-30(32-21)39-28(29(34)35)31(24-11-7-5-8-12-24,25-13-9-6-10-14-25)38-18-17-23-15-16-26(36-3)27(20-23)37-4/h5-16,19-20,28H,17-18H2,1-4H3,(H,34,35)/t28-/m1/s1. The highest BCUT2D eigenvalue weighted by Crippen LogP contribution is 2.39. The zero-order valence-corrected chi connectivity index (χ0v) is 22.5. The molecule has 3 aromatic carbocycles. The van der Waals surface area contributed by atoms with Gasteiger partial charge in [0.15, 0.2) is 17.1 Å². The smallest absolute Gasteiger partial charge is 0.348 e.